The van der Waals surface area contributed by atoms with Gasteiger partial charge in [0, 0.05) is 0 Å². The minimum atomic E-state index is -0.714. The molecule has 2 rings (SSSR count). The summed E-state index contributed by atoms with van der Waals surface area (Å²) in [5, 5.41) is 9.04. The molecule has 3 heteroatoms. The van der Waals surface area contributed by atoms with Gasteiger partial charge in [-0.15, -0.1) is 0 Å². The lowest BCUT2D eigenvalue weighted by atomic mass is 9.89. The Morgan fingerprint density at radius 1 is 1.56 bits per heavy atom. The third-order valence-electron chi connectivity index (χ3n) is 3.47. The Balaban J connectivity index is 2.30. The van der Waals surface area contributed by atoms with Crippen LogP contribution in [0.1, 0.15) is 30.4 Å². The van der Waals surface area contributed by atoms with Crippen molar-refractivity contribution in [3.05, 3.63) is 29.3 Å². The average Bonchev–Trinajstić information content (AvgIpc) is 2.70. The summed E-state index contributed by atoms with van der Waals surface area (Å²) in [5.74, 6) is -0.0240. The summed E-state index contributed by atoms with van der Waals surface area (Å²) in [6.45, 7) is 1.78. The van der Waals surface area contributed by atoms with E-state index in [0.717, 1.165) is 18.6 Å². The molecule has 3 nitrogen and oxygen atoms in total. The van der Waals surface area contributed by atoms with Gasteiger partial charge >= 0.3 is 5.97 Å². The van der Waals surface area contributed by atoms with Crippen molar-refractivity contribution in [1.82, 2.24) is 0 Å². The first-order chi connectivity index (χ1) is 7.63. The van der Waals surface area contributed by atoms with E-state index < -0.39 is 5.97 Å². The minimum absolute atomic E-state index is 0.151. The van der Waals surface area contributed by atoms with Crippen LogP contribution in [0.2, 0.25) is 0 Å². The molecule has 0 saturated carbocycles. The Morgan fingerprint density at radius 2 is 2.31 bits per heavy atom. The van der Waals surface area contributed by atoms with Crippen molar-refractivity contribution in [2.24, 2.45) is 5.92 Å². The number of aryl methyl sites for hydroxylation is 1. The van der Waals surface area contributed by atoms with E-state index in [-0.39, 0.29) is 11.8 Å². The molecule has 0 amide bonds. The molecule has 1 aliphatic carbocycles. The summed E-state index contributed by atoms with van der Waals surface area (Å²) in [6, 6.07) is 5.93. The Labute approximate surface area is 95.0 Å². The van der Waals surface area contributed by atoms with Gasteiger partial charge in [0.15, 0.2) is 0 Å². The Bertz CT molecular complexity index is 412. The second-order valence-electron chi connectivity index (χ2n) is 4.34. The van der Waals surface area contributed by atoms with Crippen LogP contribution in [0.25, 0.3) is 0 Å². The molecular weight excluding hydrogens is 204 g/mol. The molecule has 0 saturated heterocycles. The predicted molar refractivity (Wildman–Crippen MR) is 60.9 cm³/mol. The van der Waals surface area contributed by atoms with E-state index in [4.69, 9.17) is 9.84 Å². The lowest BCUT2D eigenvalue weighted by Crippen LogP contribution is -2.17. The Morgan fingerprint density at radius 3 is 2.94 bits per heavy atom. The molecule has 0 aliphatic heterocycles. The van der Waals surface area contributed by atoms with Gasteiger partial charge in [-0.25, -0.2) is 0 Å². The molecule has 1 aliphatic rings. The zero-order chi connectivity index (χ0) is 11.7. The number of hydrogen-bond donors (Lipinski definition) is 1. The van der Waals surface area contributed by atoms with E-state index in [1.54, 1.807) is 14.0 Å². The molecule has 0 fully saturated rings. The highest BCUT2D eigenvalue weighted by molar-refractivity contribution is 5.71. The fraction of sp³-hybridized carbons (Fsp3) is 0.462. The first-order valence-electron chi connectivity index (χ1n) is 5.53. The first kappa shape index (κ1) is 11.0. The molecule has 86 valence electrons. The molecule has 0 radical (unpaired) electrons. The maximum Gasteiger partial charge on any atom is 0.306 e. The lowest BCUT2D eigenvalue weighted by molar-refractivity contribution is -0.141. The van der Waals surface area contributed by atoms with Crippen molar-refractivity contribution in [2.75, 3.05) is 7.11 Å². The normalized spacial score (nSPS) is 20.2. The van der Waals surface area contributed by atoms with Crippen LogP contribution in [0.4, 0.5) is 0 Å². The van der Waals surface area contributed by atoms with Gasteiger partial charge in [0.05, 0.1) is 13.0 Å². The van der Waals surface area contributed by atoms with E-state index >= 15 is 0 Å². The van der Waals surface area contributed by atoms with Crippen LogP contribution in [0.15, 0.2) is 18.2 Å². The zero-order valence-electron chi connectivity index (χ0n) is 9.56. The number of hydrogen-bond acceptors (Lipinski definition) is 2. The predicted octanol–water partition coefficient (Wildman–Crippen LogP) is 2.45. The molecule has 0 spiro atoms. The summed E-state index contributed by atoms with van der Waals surface area (Å²) in [5.41, 5.74) is 2.41. The fourth-order valence-electron chi connectivity index (χ4n) is 2.45. The van der Waals surface area contributed by atoms with E-state index in [2.05, 4.69) is 0 Å². The Hall–Kier alpha value is -1.51. The average molecular weight is 220 g/mol. The number of ether oxygens (including phenoxy) is 1. The first-order valence-corrected chi connectivity index (χ1v) is 5.53. The van der Waals surface area contributed by atoms with Crippen LogP contribution in [-0.2, 0) is 11.2 Å². The summed E-state index contributed by atoms with van der Waals surface area (Å²) in [7, 11) is 1.65. The molecule has 0 aromatic heterocycles. The topological polar surface area (TPSA) is 46.5 Å². The lowest BCUT2D eigenvalue weighted by Gasteiger charge is -2.16. The zero-order valence-corrected chi connectivity index (χ0v) is 9.56. The van der Waals surface area contributed by atoms with E-state index in [1.165, 1.54) is 11.1 Å². The van der Waals surface area contributed by atoms with E-state index in [9.17, 15) is 4.79 Å². The summed E-state index contributed by atoms with van der Waals surface area (Å²) in [4.78, 5) is 11.0. The summed E-state index contributed by atoms with van der Waals surface area (Å²) in [6.07, 6.45) is 1.88. The van der Waals surface area contributed by atoms with Crippen LogP contribution in [0.3, 0.4) is 0 Å². The smallest absolute Gasteiger partial charge is 0.306 e. The number of methoxy groups -OCH3 is 1. The van der Waals surface area contributed by atoms with Crippen molar-refractivity contribution in [3.63, 3.8) is 0 Å². The standard InChI is InChI=1S/C13H16O3/c1-8(13(14)15)11-5-3-9-7-10(16-2)4-6-12(9)11/h4,6-8,11H,3,5H2,1-2H3,(H,14,15)/t8?,11-/m0/s1. The third-order valence-corrected chi connectivity index (χ3v) is 3.47. The summed E-state index contributed by atoms with van der Waals surface area (Å²) < 4.78 is 5.17. The highest BCUT2D eigenvalue weighted by Crippen LogP contribution is 2.39. The number of fused-ring (bicyclic) bond motifs is 1. The van der Waals surface area contributed by atoms with Crippen LogP contribution >= 0.6 is 0 Å². The largest absolute Gasteiger partial charge is 0.497 e. The van der Waals surface area contributed by atoms with Crippen LogP contribution < -0.4 is 4.74 Å². The van der Waals surface area contributed by atoms with Gasteiger partial charge in [-0.1, -0.05) is 13.0 Å². The van der Waals surface area contributed by atoms with E-state index in [0.29, 0.717) is 0 Å². The third kappa shape index (κ3) is 1.77. The number of carboxylic acids is 1. The van der Waals surface area contributed by atoms with Crippen LogP contribution in [0.5, 0.6) is 5.75 Å². The van der Waals surface area contributed by atoms with Crippen LogP contribution in [-0.4, -0.2) is 18.2 Å². The van der Waals surface area contributed by atoms with Gasteiger partial charge in [-0.05, 0) is 42.0 Å². The van der Waals surface area contributed by atoms with E-state index in [1.807, 2.05) is 18.2 Å². The quantitative estimate of drug-likeness (QED) is 0.851. The highest BCUT2D eigenvalue weighted by atomic mass is 16.5. The molecule has 2 atom stereocenters. The fourth-order valence-corrected chi connectivity index (χ4v) is 2.45. The monoisotopic (exact) mass is 220 g/mol. The van der Waals surface area contributed by atoms with Crippen molar-refractivity contribution in [2.45, 2.75) is 25.7 Å². The second kappa shape index (κ2) is 4.16. The van der Waals surface area contributed by atoms with Gasteiger partial charge in [0.25, 0.3) is 0 Å². The number of benzene rings is 1. The second-order valence-corrected chi connectivity index (χ2v) is 4.34. The van der Waals surface area contributed by atoms with Crippen molar-refractivity contribution in [3.8, 4) is 5.75 Å². The Kier molecular flexibility index (Phi) is 2.86. The molecule has 1 unspecified atom stereocenters. The van der Waals surface area contributed by atoms with Gasteiger partial charge in [-0.3, -0.25) is 4.79 Å². The van der Waals surface area contributed by atoms with Crippen molar-refractivity contribution in [1.29, 1.82) is 0 Å². The molecule has 0 heterocycles. The maximum absolute atomic E-state index is 11.0. The summed E-state index contributed by atoms with van der Waals surface area (Å²) >= 11 is 0. The molecule has 0 bridgehead atoms. The van der Waals surface area contributed by atoms with Crippen molar-refractivity contribution >= 4 is 5.97 Å². The number of carbonyl (C=O) groups is 1. The maximum atomic E-state index is 11.0. The van der Waals surface area contributed by atoms with Gasteiger partial charge < -0.3 is 9.84 Å². The molecule has 1 N–H and O–H groups in total. The highest BCUT2D eigenvalue weighted by Gasteiger charge is 2.31. The minimum Gasteiger partial charge on any atom is -0.497 e. The molecule has 16 heavy (non-hydrogen) atoms. The molecule has 1 aromatic carbocycles. The number of carboxylic acid groups (broad SMARTS) is 1. The number of rotatable bonds is 3. The number of aliphatic carboxylic acids is 1. The van der Waals surface area contributed by atoms with Crippen molar-refractivity contribution < 1.29 is 14.6 Å². The van der Waals surface area contributed by atoms with Gasteiger partial charge in [-0.2, -0.15) is 0 Å². The SMILES string of the molecule is COc1ccc2c(c1)CC[C@H]2C(C)C(=O)O. The van der Waals surface area contributed by atoms with Gasteiger partial charge in [0.1, 0.15) is 5.75 Å². The molecular formula is C13H16O3. The van der Waals surface area contributed by atoms with Gasteiger partial charge in [0.2, 0.25) is 0 Å². The van der Waals surface area contributed by atoms with Crippen LogP contribution in [0, 0.1) is 5.92 Å². The molecule has 1 aromatic rings.